The number of hydrogen-bond donors (Lipinski definition) is 3. The Hall–Kier alpha value is -2.33. The van der Waals surface area contributed by atoms with E-state index in [9.17, 15) is 24.2 Å². The van der Waals surface area contributed by atoms with Gasteiger partial charge in [-0.3, -0.25) is 18.6 Å². The molecular weight excluding hydrogens is 719 g/mol. The van der Waals surface area contributed by atoms with Crippen molar-refractivity contribution >= 4 is 19.8 Å². The number of allylic oxidation sites excluding steroid dienone is 10. The zero-order valence-electron chi connectivity index (χ0n) is 34.4. The molecule has 3 N–H and O–H groups in total. The first-order valence-corrected chi connectivity index (χ1v) is 22.7. The van der Waals surface area contributed by atoms with Crippen molar-refractivity contribution < 1.29 is 47.8 Å². The van der Waals surface area contributed by atoms with Crippen LogP contribution < -0.4 is 0 Å². The number of aliphatic hydroxyl groups is 2. The molecule has 0 aromatic carbocycles. The molecule has 1 unspecified atom stereocenters. The molecule has 0 rings (SSSR count). The molecule has 0 aliphatic carbocycles. The summed E-state index contributed by atoms with van der Waals surface area (Å²) in [6.45, 7) is 2.24. The minimum Gasteiger partial charge on any atom is -0.462 e. The van der Waals surface area contributed by atoms with Crippen molar-refractivity contribution in [2.75, 3.05) is 26.4 Å². The Morgan fingerprint density at radius 3 is 1.51 bits per heavy atom. The van der Waals surface area contributed by atoms with Crippen molar-refractivity contribution in [2.45, 2.75) is 180 Å². The molecule has 0 saturated heterocycles. The van der Waals surface area contributed by atoms with Crippen LogP contribution in [0.2, 0.25) is 0 Å². The van der Waals surface area contributed by atoms with E-state index in [1.807, 2.05) is 0 Å². The Bertz CT molecular complexity index is 1100. The molecule has 0 heterocycles. The van der Waals surface area contributed by atoms with E-state index in [4.69, 9.17) is 19.1 Å². The molecular formula is C44H77O10P. The summed E-state index contributed by atoms with van der Waals surface area (Å²) >= 11 is 0. The highest BCUT2D eigenvalue weighted by molar-refractivity contribution is 7.47. The van der Waals surface area contributed by atoms with Crippen LogP contribution in [0.5, 0.6) is 0 Å². The molecule has 10 nitrogen and oxygen atoms in total. The number of phosphoric ester groups is 1. The summed E-state index contributed by atoms with van der Waals surface area (Å²) < 4.78 is 32.6. The van der Waals surface area contributed by atoms with Gasteiger partial charge in [-0.1, -0.05) is 139 Å². The van der Waals surface area contributed by atoms with Crippen LogP contribution in [0.4, 0.5) is 0 Å². The third-order valence-electron chi connectivity index (χ3n) is 8.63. The van der Waals surface area contributed by atoms with Gasteiger partial charge in [0.05, 0.1) is 19.8 Å². The maximum absolute atomic E-state index is 12.6. The fourth-order valence-electron chi connectivity index (χ4n) is 5.33. The smallest absolute Gasteiger partial charge is 0.462 e. The summed E-state index contributed by atoms with van der Waals surface area (Å²) in [7, 11) is -4.63. The van der Waals surface area contributed by atoms with Gasteiger partial charge in [0.15, 0.2) is 6.10 Å². The third-order valence-corrected chi connectivity index (χ3v) is 9.58. The molecule has 0 radical (unpaired) electrons. The fraction of sp³-hybridized carbons (Fsp3) is 0.727. The maximum atomic E-state index is 12.6. The Morgan fingerprint density at radius 1 is 0.545 bits per heavy atom. The van der Waals surface area contributed by atoms with Crippen molar-refractivity contribution in [3.63, 3.8) is 0 Å². The van der Waals surface area contributed by atoms with Crippen LogP contribution in [0.15, 0.2) is 60.8 Å². The van der Waals surface area contributed by atoms with Gasteiger partial charge in [0, 0.05) is 12.8 Å². The van der Waals surface area contributed by atoms with Gasteiger partial charge >= 0.3 is 19.8 Å². The molecule has 0 aromatic heterocycles. The van der Waals surface area contributed by atoms with E-state index in [1.54, 1.807) is 0 Å². The summed E-state index contributed by atoms with van der Waals surface area (Å²) in [5.41, 5.74) is 0. The van der Waals surface area contributed by atoms with Gasteiger partial charge in [-0.2, -0.15) is 0 Å². The molecule has 0 saturated carbocycles. The first-order valence-electron chi connectivity index (χ1n) is 21.2. The number of ether oxygens (including phenoxy) is 2. The summed E-state index contributed by atoms with van der Waals surface area (Å²) in [5, 5.41) is 18.3. The van der Waals surface area contributed by atoms with Gasteiger partial charge < -0.3 is 24.6 Å². The number of unbranched alkanes of at least 4 members (excludes halogenated alkanes) is 15. The minimum atomic E-state index is -4.63. The maximum Gasteiger partial charge on any atom is 0.472 e. The van der Waals surface area contributed by atoms with Gasteiger partial charge in [0.1, 0.15) is 12.7 Å². The molecule has 55 heavy (non-hydrogen) atoms. The molecule has 11 heteroatoms. The molecule has 0 amide bonds. The summed E-state index contributed by atoms with van der Waals surface area (Å²) in [6.07, 6.45) is 43.3. The van der Waals surface area contributed by atoms with E-state index in [0.717, 1.165) is 70.6 Å². The first-order chi connectivity index (χ1) is 26.7. The molecule has 0 spiro atoms. The molecule has 0 aliphatic rings. The van der Waals surface area contributed by atoms with E-state index >= 15 is 0 Å². The predicted molar refractivity (Wildman–Crippen MR) is 224 cm³/mol. The fourth-order valence-corrected chi connectivity index (χ4v) is 6.12. The quantitative estimate of drug-likeness (QED) is 0.0237. The second-order valence-electron chi connectivity index (χ2n) is 14.0. The Labute approximate surface area is 334 Å². The van der Waals surface area contributed by atoms with Gasteiger partial charge in [-0.15, -0.1) is 0 Å². The van der Waals surface area contributed by atoms with Crippen molar-refractivity contribution in [2.24, 2.45) is 0 Å². The van der Waals surface area contributed by atoms with Gasteiger partial charge in [-0.25, -0.2) is 4.57 Å². The van der Waals surface area contributed by atoms with Gasteiger partial charge in [-0.05, 0) is 77.0 Å². The third kappa shape index (κ3) is 39.7. The standard InChI is InChI=1S/C44H77O10P/c1-3-5-7-9-11-13-15-17-19-20-22-23-25-27-29-31-33-35-43(47)51-39-42(40-53-55(49,50)52-38-41(46)37-45)54-44(48)36-34-32-30-28-26-24-21-18-16-14-12-10-8-6-4-2/h7,9,13,15,19-20,23-26,41-42,45-46H,3-6,8,10-12,14,16-18,21-22,27-40H2,1-2H3,(H,49,50)/b9-7+,15-13+,20-19+,25-23+,26-24+/t41-,42+/m0/s1. The number of carbonyl (C=O) groups is 2. The highest BCUT2D eigenvalue weighted by atomic mass is 31.2. The van der Waals surface area contributed by atoms with Crippen LogP contribution in [-0.2, 0) is 32.7 Å². The van der Waals surface area contributed by atoms with Crippen LogP contribution in [-0.4, -0.2) is 65.7 Å². The average Bonchev–Trinajstić information content (AvgIpc) is 3.17. The monoisotopic (exact) mass is 797 g/mol. The van der Waals surface area contributed by atoms with Crippen LogP contribution in [0.3, 0.4) is 0 Å². The number of aliphatic hydroxyl groups excluding tert-OH is 2. The molecule has 0 aromatic rings. The Morgan fingerprint density at radius 2 is 0.982 bits per heavy atom. The molecule has 0 aliphatic heterocycles. The normalized spacial score (nSPS) is 14.5. The Balaban J connectivity index is 4.40. The van der Waals surface area contributed by atoms with E-state index in [0.29, 0.717) is 12.8 Å². The predicted octanol–water partition coefficient (Wildman–Crippen LogP) is 11.1. The van der Waals surface area contributed by atoms with Gasteiger partial charge in [0.2, 0.25) is 0 Å². The minimum absolute atomic E-state index is 0.154. The number of rotatable bonds is 39. The molecule has 318 valence electrons. The SMILES string of the molecule is CCC/C=C/C/C=C/C/C=C/C/C=C/CCCCCC(=O)OC[C@H](COP(=O)(O)OC[C@@H](O)CO)OC(=O)CCCCC/C=C/CCCCCCCCCC. The second kappa shape index (κ2) is 39.9. The molecule has 0 fully saturated rings. The lowest BCUT2D eigenvalue weighted by Crippen LogP contribution is -2.29. The largest absolute Gasteiger partial charge is 0.472 e. The zero-order valence-corrected chi connectivity index (χ0v) is 35.3. The van der Waals surface area contributed by atoms with Crippen LogP contribution >= 0.6 is 7.82 Å². The van der Waals surface area contributed by atoms with Crippen LogP contribution in [0.25, 0.3) is 0 Å². The summed E-state index contributed by atoms with van der Waals surface area (Å²) in [6, 6.07) is 0. The molecule has 0 bridgehead atoms. The lowest BCUT2D eigenvalue weighted by molar-refractivity contribution is -0.161. The second-order valence-corrected chi connectivity index (χ2v) is 15.5. The van der Waals surface area contributed by atoms with Gasteiger partial charge in [0.25, 0.3) is 0 Å². The van der Waals surface area contributed by atoms with E-state index < -0.39 is 51.8 Å². The molecule has 3 atom stereocenters. The van der Waals surface area contributed by atoms with Crippen molar-refractivity contribution in [1.82, 2.24) is 0 Å². The number of hydrogen-bond acceptors (Lipinski definition) is 9. The van der Waals surface area contributed by atoms with Crippen LogP contribution in [0, 0.1) is 0 Å². The van der Waals surface area contributed by atoms with Crippen molar-refractivity contribution in [3.8, 4) is 0 Å². The first kappa shape index (κ1) is 52.7. The van der Waals surface area contributed by atoms with E-state index in [-0.39, 0.29) is 19.4 Å². The Kier molecular flexibility index (Phi) is 38.2. The highest BCUT2D eigenvalue weighted by Crippen LogP contribution is 2.43. The summed E-state index contributed by atoms with van der Waals surface area (Å²) in [4.78, 5) is 34.9. The van der Waals surface area contributed by atoms with Crippen molar-refractivity contribution in [3.05, 3.63) is 60.8 Å². The van der Waals surface area contributed by atoms with E-state index in [1.165, 1.54) is 57.8 Å². The van der Waals surface area contributed by atoms with Crippen LogP contribution in [0.1, 0.15) is 168 Å². The highest BCUT2D eigenvalue weighted by Gasteiger charge is 2.27. The average molecular weight is 797 g/mol. The van der Waals surface area contributed by atoms with E-state index in [2.05, 4.69) is 79.1 Å². The number of phosphoric acid groups is 1. The number of carbonyl (C=O) groups excluding carboxylic acids is 2. The van der Waals surface area contributed by atoms with Crippen molar-refractivity contribution in [1.29, 1.82) is 0 Å². The lowest BCUT2D eigenvalue weighted by Gasteiger charge is -2.20. The zero-order chi connectivity index (χ0) is 40.5. The summed E-state index contributed by atoms with van der Waals surface area (Å²) in [5.74, 6) is -0.983. The number of esters is 2. The lowest BCUT2D eigenvalue weighted by atomic mass is 10.1. The topological polar surface area (TPSA) is 149 Å².